The lowest BCUT2D eigenvalue weighted by Gasteiger charge is -2.34. The third-order valence-corrected chi connectivity index (χ3v) is 8.07. The maximum atomic E-state index is 13.4. The van der Waals surface area contributed by atoms with Gasteiger partial charge in [0.25, 0.3) is 15.9 Å². The van der Waals surface area contributed by atoms with Crippen LogP contribution < -0.4 is 20.1 Å². The third-order valence-electron chi connectivity index (χ3n) is 6.43. The average Bonchev–Trinajstić information content (AvgIpc) is 3.11. The molecule has 1 aliphatic heterocycles. The Hall–Kier alpha value is -3.30. The zero-order valence-electron chi connectivity index (χ0n) is 22.2. The van der Waals surface area contributed by atoms with Crippen molar-refractivity contribution in [1.82, 2.24) is 9.71 Å². The molecule has 3 N–H and O–H groups in total. The summed E-state index contributed by atoms with van der Waals surface area (Å²) in [6.45, 7) is 10.8. The van der Waals surface area contributed by atoms with Crippen molar-refractivity contribution in [1.29, 1.82) is 0 Å². The molecule has 1 amide bonds. The number of pyridine rings is 1. The first-order valence-electron chi connectivity index (χ1n) is 12.4. The normalized spacial score (nSPS) is 17.0. The predicted molar refractivity (Wildman–Crippen MR) is 151 cm³/mol. The predicted octanol–water partition coefficient (Wildman–Crippen LogP) is 5.51. The Morgan fingerprint density at radius 1 is 1.18 bits per heavy atom. The molecule has 1 aromatic heterocycles. The number of anilines is 2. The van der Waals surface area contributed by atoms with E-state index in [1.807, 2.05) is 26.0 Å². The quantitative estimate of drug-likeness (QED) is 0.368. The second-order valence-corrected chi connectivity index (χ2v) is 12.7. The molecular formula is C28H33ClN4O4S. The van der Waals surface area contributed by atoms with Crippen LogP contribution in [0.3, 0.4) is 0 Å². The van der Waals surface area contributed by atoms with Crippen LogP contribution in [0, 0.1) is 5.92 Å². The highest BCUT2D eigenvalue weighted by Gasteiger charge is 2.39. The zero-order valence-corrected chi connectivity index (χ0v) is 23.7. The number of hydrogen-bond acceptors (Lipinski definition) is 7. The van der Waals surface area contributed by atoms with Crippen LogP contribution in [-0.4, -0.2) is 37.5 Å². The third kappa shape index (κ3) is 5.89. The van der Waals surface area contributed by atoms with E-state index in [2.05, 4.69) is 30.4 Å². The van der Waals surface area contributed by atoms with E-state index in [1.165, 1.54) is 18.2 Å². The van der Waals surface area contributed by atoms with Crippen molar-refractivity contribution >= 4 is 39.0 Å². The molecule has 2 heterocycles. The molecule has 10 heteroatoms. The molecule has 1 atom stereocenters. The summed E-state index contributed by atoms with van der Waals surface area (Å²) in [4.78, 5) is 20.3. The summed E-state index contributed by atoms with van der Waals surface area (Å²) in [6.07, 6.45) is 0.834. The van der Waals surface area contributed by atoms with E-state index in [9.17, 15) is 13.2 Å². The number of nitrogens with zero attached hydrogens (tertiary/aromatic N) is 2. The molecule has 8 nitrogen and oxygen atoms in total. The maximum absolute atomic E-state index is 13.4. The van der Waals surface area contributed by atoms with Crippen LogP contribution in [-0.2, 0) is 10.0 Å². The lowest BCUT2D eigenvalue weighted by molar-refractivity contribution is 0.0981. The first kappa shape index (κ1) is 27.7. The number of aromatic nitrogens is 1. The van der Waals surface area contributed by atoms with E-state index in [0.29, 0.717) is 34.7 Å². The van der Waals surface area contributed by atoms with Crippen LogP contribution in [0.1, 0.15) is 51.4 Å². The summed E-state index contributed by atoms with van der Waals surface area (Å²) < 4.78 is 34.0. The van der Waals surface area contributed by atoms with Gasteiger partial charge in [-0.15, -0.1) is 0 Å². The molecular weight excluding hydrogens is 524 g/mol. The lowest BCUT2D eigenvalue weighted by atomic mass is 9.97. The minimum atomic E-state index is -4.15. The molecule has 202 valence electrons. The molecule has 1 aliphatic rings. The van der Waals surface area contributed by atoms with Crippen molar-refractivity contribution in [2.75, 3.05) is 17.2 Å². The number of nitrogen functional groups attached to an aromatic ring is 1. The fourth-order valence-corrected chi connectivity index (χ4v) is 6.06. The van der Waals surface area contributed by atoms with Gasteiger partial charge in [-0.1, -0.05) is 30.7 Å². The number of rotatable bonds is 7. The highest BCUT2D eigenvalue weighted by molar-refractivity contribution is 7.90. The number of nitrogens with two attached hydrogens (primary N) is 1. The van der Waals surface area contributed by atoms with Gasteiger partial charge in [0.1, 0.15) is 11.6 Å². The number of benzene rings is 2. The number of sulfonamides is 1. The van der Waals surface area contributed by atoms with Gasteiger partial charge in [-0.05, 0) is 82.5 Å². The van der Waals surface area contributed by atoms with Gasteiger partial charge in [-0.3, -0.25) is 4.79 Å². The standard InChI is InChI=1S/C28H33ClN4O4S/c1-17(2)37-25-13-19(9-11-23(25)29)24-12-10-22(26(31-24)33-16-18(3)15-28(33,4)5)27(34)32-38(35,36)21-8-6-7-20(30)14-21/h6-14,17-18H,15-16,30H2,1-5H3,(H,32,34). The number of ether oxygens (including phenoxy) is 1. The topological polar surface area (TPSA) is 115 Å². The fraction of sp³-hybridized carbons (Fsp3) is 0.357. The second kappa shape index (κ2) is 10.5. The van der Waals surface area contributed by atoms with Gasteiger partial charge in [0.15, 0.2) is 0 Å². The van der Waals surface area contributed by atoms with Crippen LogP contribution in [0.15, 0.2) is 59.5 Å². The smallest absolute Gasteiger partial charge is 0.268 e. The number of hydrogen-bond donors (Lipinski definition) is 2. The van der Waals surface area contributed by atoms with Crippen LogP contribution in [0.25, 0.3) is 11.3 Å². The molecule has 3 aromatic rings. The van der Waals surface area contributed by atoms with E-state index < -0.39 is 15.9 Å². The molecule has 2 aromatic carbocycles. The zero-order chi connectivity index (χ0) is 27.8. The molecule has 1 unspecified atom stereocenters. The van der Waals surface area contributed by atoms with Gasteiger partial charge in [-0.25, -0.2) is 18.1 Å². The van der Waals surface area contributed by atoms with E-state index in [0.717, 1.165) is 12.0 Å². The monoisotopic (exact) mass is 556 g/mol. The highest BCUT2D eigenvalue weighted by atomic mass is 35.5. The Morgan fingerprint density at radius 2 is 1.92 bits per heavy atom. The number of nitrogens with one attached hydrogen (secondary N) is 1. The van der Waals surface area contributed by atoms with Gasteiger partial charge in [0.2, 0.25) is 0 Å². The fourth-order valence-electron chi connectivity index (χ4n) is 4.88. The molecule has 1 saturated heterocycles. The molecule has 0 radical (unpaired) electrons. The number of halogens is 1. The van der Waals surface area contributed by atoms with E-state index in [1.54, 1.807) is 24.3 Å². The lowest BCUT2D eigenvalue weighted by Crippen LogP contribution is -2.41. The van der Waals surface area contributed by atoms with E-state index in [4.69, 9.17) is 27.1 Å². The van der Waals surface area contributed by atoms with Crippen LogP contribution in [0.2, 0.25) is 5.02 Å². The SMILES string of the molecule is CC1CN(c2nc(-c3ccc(Cl)c(OC(C)C)c3)ccc2C(=O)NS(=O)(=O)c2cccc(N)c2)C(C)(C)C1. The van der Waals surface area contributed by atoms with E-state index >= 15 is 0 Å². The second-order valence-electron chi connectivity index (χ2n) is 10.6. The van der Waals surface area contributed by atoms with Crippen LogP contribution >= 0.6 is 11.6 Å². The Balaban J connectivity index is 1.78. The van der Waals surface area contributed by atoms with Gasteiger partial charge < -0.3 is 15.4 Å². The minimum absolute atomic E-state index is 0.0638. The molecule has 0 aliphatic carbocycles. The highest BCUT2D eigenvalue weighted by Crippen LogP contribution is 2.39. The summed E-state index contributed by atoms with van der Waals surface area (Å²) in [5.74, 6) is 0.548. The molecule has 0 spiro atoms. The maximum Gasteiger partial charge on any atom is 0.268 e. The molecule has 0 bridgehead atoms. The first-order chi connectivity index (χ1) is 17.8. The van der Waals surface area contributed by atoms with Gasteiger partial charge >= 0.3 is 0 Å². The number of amides is 1. The summed E-state index contributed by atoms with van der Waals surface area (Å²) in [5, 5.41) is 0.486. The van der Waals surface area contributed by atoms with Crippen LogP contribution in [0.4, 0.5) is 11.5 Å². The Kier molecular flexibility index (Phi) is 7.63. The largest absolute Gasteiger partial charge is 0.489 e. The molecule has 38 heavy (non-hydrogen) atoms. The minimum Gasteiger partial charge on any atom is -0.489 e. The van der Waals surface area contributed by atoms with Crippen molar-refractivity contribution in [2.45, 2.75) is 57.6 Å². The van der Waals surface area contributed by atoms with Gasteiger partial charge in [0, 0.05) is 23.3 Å². The first-order valence-corrected chi connectivity index (χ1v) is 14.3. The molecule has 1 fully saturated rings. The van der Waals surface area contributed by atoms with Crippen molar-refractivity contribution < 1.29 is 17.9 Å². The van der Waals surface area contributed by atoms with Crippen molar-refractivity contribution in [2.24, 2.45) is 5.92 Å². The van der Waals surface area contributed by atoms with Crippen molar-refractivity contribution in [3.05, 3.63) is 65.2 Å². The van der Waals surface area contributed by atoms with Crippen molar-refractivity contribution in [3.8, 4) is 17.0 Å². The summed E-state index contributed by atoms with van der Waals surface area (Å²) in [5.41, 5.74) is 7.27. The average molecular weight is 557 g/mol. The Morgan fingerprint density at radius 3 is 2.55 bits per heavy atom. The Labute approximate surface area is 229 Å². The summed E-state index contributed by atoms with van der Waals surface area (Å²) in [6, 6.07) is 14.5. The number of carbonyl (C=O) groups is 1. The molecule has 4 rings (SSSR count). The van der Waals surface area contributed by atoms with E-state index in [-0.39, 0.29) is 27.8 Å². The van der Waals surface area contributed by atoms with Gasteiger partial charge in [-0.2, -0.15) is 0 Å². The van der Waals surface area contributed by atoms with Crippen LogP contribution in [0.5, 0.6) is 5.75 Å². The summed E-state index contributed by atoms with van der Waals surface area (Å²) in [7, 11) is -4.15. The number of carbonyl (C=O) groups excluding carboxylic acids is 1. The molecule has 0 saturated carbocycles. The Bertz CT molecular complexity index is 1470. The van der Waals surface area contributed by atoms with Gasteiger partial charge in [0.05, 0.1) is 27.3 Å². The summed E-state index contributed by atoms with van der Waals surface area (Å²) >= 11 is 6.33. The van der Waals surface area contributed by atoms with Crippen molar-refractivity contribution in [3.63, 3.8) is 0 Å².